The lowest BCUT2D eigenvalue weighted by atomic mass is 9.99. The number of ether oxygens (including phenoxy) is 1. The van der Waals surface area contributed by atoms with Crippen LogP contribution in [0.1, 0.15) is 46.1 Å². The second-order valence-electron chi connectivity index (χ2n) is 9.24. The molecule has 1 saturated heterocycles. The topological polar surface area (TPSA) is 110 Å². The number of halogens is 1. The number of nitrogens with two attached hydrogens (primary N) is 1. The number of aromatic amines is 1. The zero-order valence-electron chi connectivity index (χ0n) is 17.4. The smallest absolute Gasteiger partial charge is 0.329 e. The number of anilines is 1. The van der Waals surface area contributed by atoms with E-state index >= 15 is 0 Å². The monoisotopic (exact) mass is 418 g/mol. The molecule has 0 amide bonds. The predicted octanol–water partition coefficient (Wildman–Crippen LogP) is 1.66. The Bertz CT molecular complexity index is 1110. The van der Waals surface area contributed by atoms with Crippen LogP contribution < -0.4 is 21.9 Å². The normalized spacial score (nSPS) is 20.6. The average Bonchev–Trinajstić information content (AvgIpc) is 3.35. The quantitative estimate of drug-likeness (QED) is 0.731. The van der Waals surface area contributed by atoms with E-state index in [1.807, 2.05) is 4.90 Å². The van der Waals surface area contributed by atoms with Gasteiger partial charge in [0.1, 0.15) is 17.5 Å². The molecular weight excluding hydrogens is 391 g/mol. The lowest BCUT2D eigenvalue weighted by molar-refractivity contribution is -0.157. The van der Waals surface area contributed by atoms with Crippen molar-refractivity contribution in [3.05, 3.63) is 38.8 Å². The average molecular weight is 418 g/mol. The Hall–Kier alpha value is -2.68. The van der Waals surface area contributed by atoms with Crippen molar-refractivity contribution < 1.29 is 13.9 Å². The Balaban J connectivity index is 1.63. The van der Waals surface area contributed by atoms with Gasteiger partial charge in [-0.3, -0.25) is 19.1 Å². The molecule has 30 heavy (non-hydrogen) atoms. The fourth-order valence-corrected chi connectivity index (χ4v) is 4.07. The van der Waals surface area contributed by atoms with Crippen molar-refractivity contribution in [3.63, 3.8) is 0 Å². The second-order valence-corrected chi connectivity index (χ2v) is 9.24. The van der Waals surface area contributed by atoms with Gasteiger partial charge in [0.25, 0.3) is 5.56 Å². The molecule has 1 saturated carbocycles. The number of rotatable bonds is 4. The third-order valence-corrected chi connectivity index (χ3v) is 5.67. The molecule has 2 heterocycles. The molecule has 1 aromatic carbocycles. The van der Waals surface area contributed by atoms with E-state index in [2.05, 4.69) is 4.98 Å². The van der Waals surface area contributed by atoms with E-state index < -0.39 is 34.7 Å². The van der Waals surface area contributed by atoms with Crippen LogP contribution in [0.15, 0.2) is 21.7 Å². The van der Waals surface area contributed by atoms with Crippen molar-refractivity contribution in [3.8, 4) is 0 Å². The summed E-state index contributed by atoms with van der Waals surface area (Å²) in [6.45, 7) is 6.25. The molecule has 1 aliphatic carbocycles. The Labute approximate surface area is 172 Å². The molecular formula is C21H27FN4O4. The van der Waals surface area contributed by atoms with Gasteiger partial charge in [-0.15, -0.1) is 0 Å². The summed E-state index contributed by atoms with van der Waals surface area (Å²) in [5.41, 5.74) is 5.17. The minimum absolute atomic E-state index is 0.0297. The largest absolute Gasteiger partial charge is 0.459 e. The molecule has 9 heteroatoms. The highest BCUT2D eigenvalue weighted by Gasteiger charge is 2.35. The molecule has 2 atom stereocenters. The number of fused-ring (bicyclic) bond motifs is 1. The first kappa shape index (κ1) is 20.6. The molecule has 2 aliphatic rings. The molecule has 3 N–H and O–H groups in total. The van der Waals surface area contributed by atoms with Crippen LogP contribution in [-0.4, -0.2) is 40.3 Å². The maximum absolute atomic E-state index is 14.9. The predicted molar refractivity (Wildman–Crippen MR) is 111 cm³/mol. The van der Waals surface area contributed by atoms with E-state index in [1.54, 1.807) is 31.4 Å². The minimum Gasteiger partial charge on any atom is -0.459 e. The van der Waals surface area contributed by atoms with E-state index in [1.165, 1.54) is 6.07 Å². The minimum atomic E-state index is -0.801. The highest BCUT2D eigenvalue weighted by molar-refractivity contribution is 5.83. The lowest BCUT2D eigenvalue weighted by Crippen LogP contribution is -2.43. The highest BCUT2D eigenvalue weighted by atomic mass is 19.1. The second kappa shape index (κ2) is 7.23. The van der Waals surface area contributed by atoms with Crippen LogP contribution in [-0.2, 0) is 9.53 Å². The van der Waals surface area contributed by atoms with Gasteiger partial charge >= 0.3 is 11.7 Å². The van der Waals surface area contributed by atoms with Gasteiger partial charge in [-0.2, -0.15) is 0 Å². The summed E-state index contributed by atoms with van der Waals surface area (Å²) in [6, 6.07) is 1.98. The summed E-state index contributed by atoms with van der Waals surface area (Å²) >= 11 is 0. The van der Waals surface area contributed by atoms with Crippen LogP contribution in [0, 0.1) is 11.7 Å². The molecule has 0 spiro atoms. The third kappa shape index (κ3) is 3.86. The summed E-state index contributed by atoms with van der Waals surface area (Å²) in [5.74, 6) is -1.19. The van der Waals surface area contributed by atoms with Crippen molar-refractivity contribution in [2.24, 2.45) is 11.7 Å². The Morgan fingerprint density at radius 2 is 1.97 bits per heavy atom. The number of H-pyrrole nitrogens is 1. The molecule has 2 fully saturated rings. The van der Waals surface area contributed by atoms with Gasteiger partial charge in [-0.1, -0.05) is 0 Å². The summed E-state index contributed by atoms with van der Waals surface area (Å²) < 4.78 is 21.8. The molecule has 1 aliphatic heterocycles. The van der Waals surface area contributed by atoms with Gasteiger partial charge in [0.2, 0.25) is 0 Å². The molecule has 8 nitrogen and oxygen atoms in total. The van der Waals surface area contributed by atoms with E-state index in [0.29, 0.717) is 30.7 Å². The number of benzene rings is 1. The number of nitrogens with zero attached hydrogens (tertiary/aromatic N) is 2. The third-order valence-electron chi connectivity index (χ3n) is 5.67. The van der Waals surface area contributed by atoms with Crippen LogP contribution in [0.2, 0.25) is 0 Å². The van der Waals surface area contributed by atoms with Crippen LogP contribution in [0.4, 0.5) is 10.1 Å². The fraction of sp³-hybridized carbons (Fsp3) is 0.571. The number of esters is 1. The first-order valence-electron chi connectivity index (χ1n) is 10.3. The molecule has 0 radical (unpaired) electrons. The summed E-state index contributed by atoms with van der Waals surface area (Å²) in [4.78, 5) is 40.9. The maximum atomic E-state index is 14.9. The molecule has 0 bridgehead atoms. The van der Waals surface area contributed by atoms with Gasteiger partial charge in [0.05, 0.1) is 16.6 Å². The van der Waals surface area contributed by atoms with Gasteiger partial charge in [-0.05, 0) is 52.2 Å². The number of carbonyl (C=O) groups is 1. The van der Waals surface area contributed by atoms with E-state index in [-0.39, 0.29) is 17.3 Å². The van der Waals surface area contributed by atoms with Gasteiger partial charge < -0.3 is 15.4 Å². The van der Waals surface area contributed by atoms with Crippen LogP contribution >= 0.6 is 0 Å². The SMILES string of the molecule is CC(C)(C)OC(=O)C(N)C1CCN(c2cc3c(cc2F)c(=O)[nH]c(=O)n3C2CC2)C1. The lowest BCUT2D eigenvalue weighted by Gasteiger charge is -2.25. The molecule has 162 valence electrons. The highest BCUT2D eigenvalue weighted by Crippen LogP contribution is 2.37. The van der Waals surface area contributed by atoms with E-state index in [0.717, 1.165) is 12.8 Å². The number of carbonyl (C=O) groups excluding carboxylic acids is 1. The first-order chi connectivity index (χ1) is 14.0. The van der Waals surface area contributed by atoms with Crippen LogP contribution in [0.5, 0.6) is 0 Å². The number of hydrogen-bond donors (Lipinski definition) is 2. The van der Waals surface area contributed by atoms with Gasteiger partial charge in [-0.25, -0.2) is 9.18 Å². The van der Waals surface area contributed by atoms with Crippen molar-refractivity contribution in [1.29, 1.82) is 0 Å². The van der Waals surface area contributed by atoms with E-state index in [9.17, 15) is 18.8 Å². The molecule has 2 unspecified atom stereocenters. The molecule has 1 aromatic heterocycles. The zero-order chi connectivity index (χ0) is 21.8. The molecule has 4 rings (SSSR count). The van der Waals surface area contributed by atoms with Crippen molar-refractivity contribution in [1.82, 2.24) is 9.55 Å². The van der Waals surface area contributed by atoms with E-state index in [4.69, 9.17) is 10.5 Å². The Kier molecular flexibility index (Phi) is 4.96. The summed E-state index contributed by atoms with van der Waals surface area (Å²) in [5, 5.41) is 0.156. The summed E-state index contributed by atoms with van der Waals surface area (Å²) in [6.07, 6.45) is 2.32. The van der Waals surface area contributed by atoms with Crippen molar-refractivity contribution in [2.75, 3.05) is 18.0 Å². The maximum Gasteiger partial charge on any atom is 0.329 e. The zero-order valence-corrected chi connectivity index (χ0v) is 17.4. The number of nitrogens with one attached hydrogen (secondary N) is 1. The van der Waals surface area contributed by atoms with Gasteiger partial charge in [0, 0.05) is 25.0 Å². The molecule has 2 aromatic rings. The van der Waals surface area contributed by atoms with Crippen molar-refractivity contribution >= 4 is 22.6 Å². The van der Waals surface area contributed by atoms with Crippen molar-refractivity contribution in [2.45, 2.75) is 57.7 Å². The summed E-state index contributed by atoms with van der Waals surface area (Å²) in [7, 11) is 0. The Morgan fingerprint density at radius 1 is 1.27 bits per heavy atom. The van der Waals surface area contributed by atoms with Gasteiger partial charge in [0.15, 0.2) is 0 Å². The van der Waals surface area contributed by atoms with Crippen LogP contribution in [0.25, 0.3) is 10.9 Å². The number of hydrogen-bond acceptors (Lipinski definition) is 6. The first-order valence-corrected chi connectivity index (χ1v) is 10.3. The number of aromatic nitrogens is 2. The van der Waals surface area contributed by atoms with Crippen LogP contribution in [0.3, 0.4) is 0 Å². The fourth-order valence-electron chi connectivity index (χ4n) is 4.07. The Morgan fingerprint density at radius 3 is 2.60 bits per heavy atom. The standard InChI is InChI=1S/C21H27FN4O4/c1-21(2,3)30-19(28)17(23)11-6-7-25(10-11)16-9-15-13(8-14(16)22)18(27)24-20(29)26(15)12-4-5-12/h8-9,11-12,17H,4-7,10,23H2,1-3H3,(H,24,27,29).